The number of nitrogens with zero attached hydrogens (tertiary/aromatic N) is 1. The molecule has 2 nitrogen and oxygen atoms in total. The van der Waals surface area contributed by atoms with Crippen molar-refractivity contribution in [2.45, 2.75) is 26.1 Å². The molecule has 1 aromatic carbocycles. The van der Waals surface area contributed by atoms with Gasteiger partial charge in [0.15, 0.2) is 0 Å². The van der Waals surface area contributed by atoms with Crippen LogP contribution in [0, 0.1) is 13.8 Å². The fourth-order valence-corrected chi connectivity index (χ4v) is 2.30. The van der Waals surface area contributed by atoms with Crippen molar-refractivity contribution in [3.63, 3.8) is 0 Å². The highest BCUT2D eigenvalue weighted by atomic mass is 35.5. The molecule has 1 heterocycles. The van der Waals surface area contributed by atoms with Crippen LogP contribution in [-0.2, 0) is 12.3 Å². The Balaban J connectivity index is 2.03. The minimum Gasteiger partial charge on any atom is -0.493 e. The van der Waals surface area contributed by atoms with Crippen molar-refractivity contribution in [2.75, 3.05) is 6.61 Å². The molecule has 0 radical (unpaired) electrons. The molecule has 19 heavy (non-hydrogen) atoms. The molecule has 0 saturated heterocycles. The van der Waals surface area contributed by atoms with Crippen molar-refractivity contribution >= 4 is 11.6 Å². The monoisotopic (exact) mass is 275 g/mol. The van der Waals surface area contributed by atoms with Gasteiger partial charge in [-0.05, 0) is 19.4 Å². The lowest BCUT2D eigenvalue weighted by molar-refractivity contribution is 0.317. The second kappa shape index (κ2) is 6.58. The van der Waals surface area contributed by atoms with Crippen molar-refractivity contribution in [3.8, 4) is 5.75 Å². The number of benzene rings is 1. The maximum atomic E-state index is 5.92. The highest BCUT2D eigenvalue weighted by Crippen LogP contribution is 2.25. The third kappa shape index (κ3) is 3.48. The number of hydrogen-bond acceptors (Lipinski definition) is 2. The van der Waals surface area contributed by atoms with Gasteiger partial charge in [-0.25, -0.2) is 0 Å². The first-order chi connectivity index (χ1) is 9.22. The molecule has 0 aliphatic carbocycles. The minimum atomic E-state index is 0.418. The molecule has 0 bridgehead atoms. The van der Waals surface area contributed by atoms with E-state index in [4.69, 9.17) is 16.3 Å². The van der Waals surface area contributed by atoms with Crippen LogP contribution >= 0.6 is 11.6 Å². The summed E-state index contributed by atoms with van der Waals surface area (Å²) in [6, 6.07) is 10.3. The van der Waals surface area contributed by atoms with E-state index in [-0.39, 0.29) is 0 Å². The zero-order valence-electron chi connectivity index (χ0n) is 11.3. The predicted molar refractivity (Wildman–Crippen MR) is 78.9 cm³/mol. The first kappa shape index (κ1) is 13.9. The van der Waals surface area contributed by atoms with Crippen LogP contribution in [0.15, 0.2) is 36.5 Å². The average molecular weight is 276 g/mol. The maximum Gasteiger partial charge on any atom is 0.128 e. The van der Waals surface area contributed by atoms with Gasteiger partial charge < -0.3 is 4.74 Å². The van der Waals surface area contributed by atoms with Crippen molar-refractivity contribution in [3.05, 3.63) is 58.9 Å². The van der Waals surface area contributed by atoms with Crippen LogP contribution in [0.3, 0.4) is 0 Å². The van der Waals surface area contributed by atoms with E-state index in [1.54, 1.807) is 0 Å². The molecule has 0 aliphatic rings. The molecule has 0 amide bonds. The molecule has 0 atom stereocenters. The van der Waals surface area contributed by atoms with Gasteiger partial charge in [0, 0.05) is 23.7 Å². The van der Waals surface area contributed by atoms with E-state index < -0.39 is 0 Å². The van der Waals surface area contributed by atoms with Crippen LogP contribution < -0.4 is 4.74 Å². The van der Waals surface area contributed by atoms with E-state index in [0.29, 0.717) is 12.5 Å². The molecule has 0 N–H and O–H groups in total. The summed E-state index contributed by atoms with van der Waals surface area (Å²) in [5.74, 6) is 1.34. The number of pyridine rings is 1. The Morgan fingerprint density at radius 2 is 1.89 bits per heavy atom. The Hall–Kier alpha value is -1.54. The number of hydrogen-bond donors (Lipinski definition) is 0. The summed E-state index contributed by atoms with van der Waals surface area (Å²) in [5.41, 5.74) is 4.27. The highest BCUT2D eigenvalue weighted by Gasteiger charge is 2.09. The molecule has 2 rings (SSSR count). The molecular weight excluding hydrogens is 258 g/mol. The van der Waals surface area contributed by atoms with Crippen LogP contribution in [0.1, 0.15) is 22.4 Å². The number of alkyl halides is 1. The summed E-state index contributed by atoms with van der Waals surface area (Å²) < 4.78 is 5.92. The Labute approximate surface area is 119 Å². The SMILES string of the molecule is Cc1cnc(CCl)c(C)c1OCCc1ccccc1. The summed E-state index contributed by atoms with van der Waals surface area (Å²) in [5, 5.41) is 0. The lowest BCUT2D eigenvalue weighted by atomic mass is 10.1. The number of ether oxygens (including phenoxy) is 1. The third-order valence-electron chi connectivity index (χ3n) is 3.15. The van der Waals surface area contributed by atoms with Gasteiger partial charge in [0.1, 0.15) is 5.75 Å². The number of aryl methyl sites for hydroxylation is 1. The second-order valence-corrected chi connectivity index (χ2v) is 4.83. The summed E-state index contributed by atoms with van der Waals surface area (Å²) in [7, 11) is 0. The van der Waals surface area contributed by atoms with Gasteiger partial charge in [-0.2, -0.15) is 0 Å². The molecule has 0 spiro atoms. The Morgan fingerprint density at radius 3 is 2.58 bits per heavy atom. The first-order valence-electron chi connectivity index (χ1n) is 6.40. The van der Waals surface area contributed by atoms with Gasteiger partial charge in [0.05, 0.1) is 18.2 Å². The van der Waals surface area contributed by atoms with Crippen LogP contribution in [0.5, 0.6) is 5.75 Å². The van der Waals surface area contributed by atoms with Crippen LogP contribution in [0.2, 0.25) is 0 Å². The molecule has 100 valence electrons. The summed E-state index contributed by atoms with van der Waals surface area (Å²) in [4.78, 5) is 4.31. The molecule has 3 heteroatoms. The zero-order valence-corrected chi connectivity index (χ0v) is 12.1. The van der Waals surface area contributed by atoms with Gasteiger partial charge >= 0.3 is 0 Å². The molecule has 2 aromatic rings. The molecule has 0 fully saturated rings. The van der Waals surface area contributed by atoms with Crippen LogP contribution in [-0.4, -0.2) is 11.6 Å². The standard InChI is InChI=1S/C16H18ClNO/c1-12-11-18-15(10-17)13(2)16(12)19-9-8-14-6-4-3-5-7-14/h3-7,11H,8-10H2,1-2H3. The van der Waals surface area contributed by atoms with Crippen molar-refractivity contribution in [1.82, 2.24) is 4.98 Å². The Bertz CT molecular complexity index is 540. The smallest absolute Gasteiger partial charge is 0.128 e. The molecular formula is C16H18ClNO. The molecule has 0 unspecified atom stereocenters. The Morgan fingerprint density at radius 1 is 1.16 bits per heavy atom. The fraction of sp³-hybridized carbons (Fsp3) is 0.312. The van der Waals surface area contributed by atoms with Gasteiger partial charge in [0.25, 0.3) is 0 Å². The summed E-state index contributed by atoms with van der Waals surface area (Å²) in [6.07, 6.45) is 2.72. The summed E-state index contributed by atoms with van der Waals surface area (Å²) in [6.45, 7) is 4.68. The van der Waals surface area contributed by atoms with Crippen molar-refractivity contribution < 1.29 is 4.74 Å². The number of rotatable bonds is 5. The summed E-state index contributed by atoms with van der Waals surface area (Å²) >= 11 is 5.87. The fourth-order valence-electron chi connectivity index (χ4n) is 2.03. The number of aromatic nitrogens is 1. The van der Waals surface area contributed by atoms with Crippen LogP contribution in [0.4, 0.5) is 0 Å². The zero-order chi connectivity index (χ0) is 13.7. The van der Waals surface area contributed by atoms with E-state index in [9.17, 15) is 0 Å². The van der Waals surface area contributed by atoms with Crippen molar-refractivity contribution in [2.24, 2.45) is 0 Å². The van der Waals surface area contributed by atoms with Gasteiger partial charge in [-0.15, -0.1) is 11.6 Å². The van der Waals surface area contributed by atoms with Gasteiger partial charge in [0.2, 0.25) is 0 Å². The van der Waals surface area contributed by atoms with Crippen LogP contribution in [0.25, 0.3) is 0 Å². The second-order valence-electron chi connectivity index (χ2n) is 4.56. The van der Waals surface area contributed by atoms with E-state index in [1.165, 1.54) is 5.56 Å². The third-order valence-corrected chi connectivity index (χ3v) is 3.41. The van der Waals surface area contributed by atoms with Gasteiger partial charge in [-0.1, -0.05) is 30.3 Å². The average Bonchev–Trinajstić information content (AvgIpc) is 2.44. The highest BCUT2D eigenvalue weighted by molar-refractivity contribution is 6.17. The first-order valence-corrected chi connectivity index (χ1v) is 6.93. The quantitative estimate of drug-likeness (QED) is 0.768. The van der Waals surface area contributed by atoms with Crippen molar-refractivity contribution in [1.29, 1.82) is 0 Å². The topological polar surface area (TPSA) is 22.1 Å². The Kier molecular flexibility index (Phi) is 4.80. The normalized spacial score (nSPS) is 10.5. The molecule has 0 saturated carbocycles. The van der Waals surface area contributed by atoms with E-state index in [2.05, 4.69) is 17.1 Å². The lowest BCUT2D eigenvalue weighted by Gasteiger charge is -2.13. The number of halogens is 1. The minimum absolute atomic E-state index is 0.418. The van der Waals surface area contributed by atoms with Gasteiger partial charge in [-0.3, -0.25) is 4.98 Å². The predicted octanol–water partition coefficient (Wildman–Crippen LogP) is 4.06. The largest absolute Gasteiger partial charge is 0.493 e. The molecule has 0 aliphatic heterocycles. The molecule has 1 aromatic heterocycles. The van der Waals surface area contributed by atoms with E-state index >= 15 is 0 Å². The lowest BCUT2D eigenvalue weighted by Crippen LogP contribution is -2.06. The maximum absolute atomic E-state index is 5.92. The van der Waals surface area contributed by atoms with E-state index in [1.807, 2.05) is 38.2 Å². The van der Waals surface area contributed by atoms with E-state index in [0.717, 1.165) is 29.0 Å².